The molecule has 2 aromatic carbocycles. The molecule has 3 fully saturated rings. The quantitative estimate of drug-likeness (QED) is 0.706. The molecule has 0 aliphatic carbocycles. The predicted molar refractivity (Wildman–Crippen MR) is 121 cm³/mol. The molecule has 4 atom stereocenters. The van der Waals surface area contributed by atoms with Crippen LogP contribution >= 0.6 is 0 Å². The van der Waals surface area contributed by atoms with Crippen LogP contribution in [-0.2, 0) is 19.9 Å². The summed E-state index contributed by atoms with van der Waals surface area (Å²) in [6.45, 7) is 8.65. The molecule has 164 valence electrons. The number of aryl methyl sites for hydroxylation is 4. The third-order valence-electron chi connectivity index (χ3n) is 8.04. The Balaban J connectivity index is 1.58. The summed E-state index contributed by atoms with van der Waals surface area (Å²) in [5.41, 5.74) is 5.22. The van der Waals surface area contributed by atoms with Crippen LogP contribution < -0.4 is 10.2 Å². The van der Waals surface area contributed by atoms with Gasteiger partial charge in [0.2, 0.25) is 17.7 Å². The Kier molecular flexibility index (Phi) is 3.87. The lowest BCUT2D eigenvalue weighted by molar-refractivity contribution is -0.135. The fraction of sp³-hybridized carbons (Fsp3) is 0.423. The molecule has 32 heavy (non-hydrogen) atoms. The normalized spacial score (nSPS) is 30.8. The van der Waals surface area contributed by atoms with Crippen molar-refractivity contribution in [3.8, 4) is 0 Å². The third kappa shape index (κ3) is 2.16. The summed E-state index contributed by atoms with van der Waals surface area (Å²) >= 11 is 0. The average Bonchev–Trinajstić information content (AvgIpc) is 3.42. The summed E-state index contributed by atoms with van der Waals surface area (Å²) in [7, 11) is 0. The van der Waals surface area contributed by atoms with Gasteiger partial charge in [-0.2, -0.15) is 0 Å². The molecule has 6 heteroatoms. The van der Waals surface area contributed by atoms with Crippen LogP contribution in [0.1, 0.15) is 40.7 Å². The van der Waals surface area contributed by atoms with E-state index in [1.54, 1.807) is 0 Å². The first-order valence-electron chi connectivity index (χ1n) is 11.4. The highest BCUT2D eigenvalue weighted by Crippen LogP contribution is 2.61. The van der Waals surface area contributed by atoms with Crippen molar-refractivity contribution in [1.82, 2.24) is 4.90 Å². The molecule has 1 N–H and O–H groups in total. The van der Waals surface area contributed by atoms with E-state index in [4.69, 9.17) is 0 Å². The lowest BCUT2D eigenvalue weighted by Crippen LogP contribution is -2.54. The number of carbonyl (C=O) groups excluding carboxylic acids is 3. The lowest BCUT2D eigenvalue weighted by atomic mass is 9.75. The van der Waals surface area contributed by atoms with Gasteiger partial charge in [-0.25, -0.2) is 4.90 Å². The highest BCUT2D eigenvalue weighted by Gasteiger charge is 2.74. The SMILES string of the molecule is Cc1ccc(N2C(=O)C3C4CCCN4C4(C(=O)Nc5c(C)cc(C)cc54)C3C2=O)c(C)c1. The van der Waals surface area contributed by atoms with Gasteiger partial charge in [-0.1, -0.05) is 35.4 Å². The van der Waals surface area contributed by atoms with E-state index in [0.29, 0.717) is 5.69 Å². The molecule has 4 aliphatic heterocycles. The van der Waals surface area contributed by atoms with E-state index in [0.717, 1.165) is 52.9 Å². The van der Waals surface area contributed by atoms with Crippen molar-refractivity contribution in [3.63, 3.8) is 0 Å². The van der Waals surface area contributed by atoms with Crippen LogP contribution in [0.2, 0.25) is 0 Å². The molecule has 6 rings (SSSR count). The number of imide groups is 1. The number of amides is 3. The molecule has 1 spiro atoms. The largest absolute Gasteiger partial charge is 0.324 e. The number of fused-ring (bicyclic) bond motifs is 7. The molecule has 0 bridgehead atoms. The second kappa shape index (κ2) is 6.29. The van der Waals surface area contributed by atoms with Crippen LogP contribution in [0, 0.1) is 39.5 Å². The standard InChI is InChI=1S/C26H27N3O3/c1-13-7-8-18(15(3)10-13)29-23(30)20-19-6-5-9-28(19)26(21(20)24(29)31)17-12-14(2)11-16(4)22(17)27-25(26)32/h7-8,10-12,19-21H,5-6,9H2,1-4H3,(H,27,32). The maximum Gasteiger partial charge on any atom is 0.250 e. The first-order chi connectivity index (χ1) is 15.3. The van der Waals surface area contributed by atoms with Crippen LogP contribution in [0.5, 0.6) is 0 Å². The Morgan fingerprint density at radius 1 is 0.938 bits per heavy atom. The topological polar surface area (TPSA) is 69.7 Å². The second-order valence-electron chi connectivity index (χ2n) is 9.93. The van der Waals surface area contributed by atoms with Gasteiger partial charge in [-0.05, 0) is 64.3 Å². The van der Waals surface area contributed by atoms with Gasteiger partial charge in [0.15, 0.2) is 0 Å². The number of benzene rings is 2. The number of carbonyl (C=O) groups is 3. The number of hydrogen-bond acceptors (Lipinski definition) is 4. The fourth-order valence-electron chi connectivity index (χ4n) is 6.95. The van der Waals surface area contributed by atoms with Crippen molar-refractivity contribution >= 4 is 29.1 Å². The Hall–Kier alpha value is -2.99. The molecule has 0 radical (unpaired) electrons. The van der Waals surface area contributed by atoms with Gasteiger partial charge in [0.25, 0.3) is 0 Å². The molecule has 4 heterocycles. The van der Waals surface area contributed by atoms with Crippen molar-refractivity contribution in [2.75, 3.05) is 16.8 Å². The summed E-state index contributed by atoms with van der Waals surface area (Å²) < 4.78 is 0. The van der Waals surface area contributed by atoms with Gasteiger partial charge in [-0.3, -0.25) is 19.3 Å². The van der Waals surface area contributed by atoms with Crippen molar-refractivity contribution < 1.29 is 14.4 Å². The molecular formula is C26H27N3O3. The van der Waals surface area contributed by atoms with Gasteiger partial charge < -0.3 is 5.32 Å². The smallest absolute Gasteiger partial charge is 0.250 e. The van der Waals surface area contributed by atoms with Crippen molar-refractivity contribution in [1.29, 1.82) is 0 Å². The minimum Gasteiger partial charge on any atom is -0.324 e. The molecule has 4 aliphatic rings. The molecule has 0 aromatic heterocycles. The molecule has 2 aromatic rings. The number of nitrogens with one attached hydrogen (secondary N) is 1. The van der Waals surface area contributed by atoms with Gasteiger partial charge in [0.05, 0.1) is 17.5 Å². The van der Waals surface area contributed by atoms with Crippen LogP contribution in [0.3, 0.4) is 0 Å². The first kappa shape index (κ1) is 19.7. The molecule has 3 amide bonds. The minimum absolute atomic E-state index is 0.0928. The van der Waals surface area contributed by atoms with Crippen molar-refractivity contribution in [2.24, 2.45) is 11.8 Å². The predicted octanol–water partition coefficient (Wildman–Crippen LogP) is 3.35. The van der Waals surface area contributed by atoms with Gasteiger partial charge in [0, 0.05) is 17.3 Å². The Bertz CT molecular complexity index is 1240. The van der Waals surface area contributed by atoms with E-state index < -0.39 is 17.4 Å². The molecule has 6 nitrogen and oxygen atoms in total. The summed E-state index contributed by atoms with van der Waals surface area (Å²) in [6, 6.07) is 9.78. The van der Waals surface area contributed by atoms with E-state index in [2.05, 4.69) is 16.3 Å². The van der Waals surface area contributed by atoms with E-state index in [1.165, 1.54) is 4.90 Å². The molecule has 0 saturated carbocycles. The lowest BCUT2D eigenvalue weighted by Gasteiger charge is -2.37. The van der Waals surface area contributed by atoms with E-state index in [1.807, 2.05) is 52.0 Å². The van der Waals surface area contributed by atoms with Crippen molar-refractivity contribution in [2.45, 2.75) is 52.1 Å². The Morgan fingerprint density at radius 2 is 1.69 bits per heavy atom. The van der Waals surface area contributed by atoms with Gasteiger partial charge in [-0.15, -0.1) is 0 Å². The number of anilines is 2. The maximum atomic E-state index is 14.1. The van der Waals surface area contributed by atoms with Crippen LogP contribution in [-0.4, -0.2) is 35.2 Å². The van der Waals surface area contributed by atoms with Crippen LogP contribution in [0.4, 0.5) is 11.4 Å². The van der Waals surface area contributed by atoms with Crippen molar-refractivity contribution in [3.05, 3.63) is 58.1 Å². The summed E-state index contributed by atoms with van der Waals surface area (Å²) in [5, 5.41) is 3.10. The van der Waals surface area contributed by atoms with Crippen LogP contribution in [0.25, 0.3) is 0 Å². The zero-order valence-corrected chi connectivity index (χ0v) is 18.9. The molecule has 3 saturated heterocycles. The minimum atomic E-state index is -1.11. The second-order valence-corrected chi connectivity index (χ2v) is 9.93. The molecule has 4 unspecified atom stereocenters. The third-order valence-corrected chi connectivity index (χ3v) is 8.04. The Morgan fingerprint density at radius 3 is 2.44 bits per heavy atom. The monoisotopic (exact) mass is 429 g/mol. The van der Waals surface area contributed by atoms with Crippen LogP contribution in [0.15, 0.2) is 30.3 Å². The highest BCUT2D eigenvalue weighted by atomic mass is 16.2. The first-order valence-corrected chi connectivity index (χ1v) is 11.4. The average molecular weight is 430 g/mol. The van der Waals surface area contributed by atoms with E-state index >= 15 is 0 Å². The molecular weight excluding hydrogens is 402 g/mol. The zero-order valence-electron chi connectivity index (χ0n) is 18.9. The maximum absolute atomic E-state index is 14.1. The zero-order chi connectivity index (χ0) is 22.5. The Labute approximate surface area is 187 Å². The van der Waals surface area contributed by atoms with E-state index in [-0.39, 0.29) is 23.8 Å². The number of nitrogens with zero attached hydrogens (tertiary/aromatic N) is 2. The number of rotatable bonds is 1. The van der Waals surface area contributed by atoms with Gasteiger partial charge >= 0.3 is 0 Å². The summed E-state index contributed by atoms with van der Waals surface area (Å²) in [4.78, 5) is 45.2. The van der Waals surface area contributed by atoms with E-state index in [9.17, 15) is 14.4 Å². The summed E-state index contributed by atoms with van der Waals surface area (Å²) in [6.07, 6.45) is 1.75. The highest BCUT2D eigenvalue weighted by molar-refractivity contribution is 6.26. The summed E-state index contributed by atoms with van der Waals surface area (Å²) in [5.74, 6) is -1.77. The number of hydrogen-bond donors (Lipinski definition) is 1. The fourth-order valence-corrected chi connectivity index (χ4v) is 6.95. The van der Waals surface area contributed by atoms with Gasteiger partial charge in [0.1, 0.15) is 5.54 Å².